The minimum absolute atomic E-state index is 0.0479. The van der Waals surface area contributed by atoms with Gasteiger partial charge in [-0.05, 0) is 74.6 Å². The molecule has 1 unspecified atom stereocenters. The molecule has 2 amide bonds. The zero-order valence-electron chi connectivity index (χ0n) is 26.8. The first-order valence-electron chi connectivity index (χ1n) is 15.9. The van der Waals surface area contributed by atoms with E-state index in [4.69, 9.17) is 19.6 Å². The number of aliphatic carboxylic acids is 1. The number of rotatable bonds is 8. The van der Waals surface area contributed by atoms with Crippen LogP contribution >= 0.6 is 0 Å². The molecule has 3 atom stereocenters. The predicted molar refractivity (Wildman–Crippen MR) is 178 cm³/mol. The molecule has 3 fully saturated rings. The predicted octanol–water partition coefficient (Wildman–Crippen LogP) is 3.76. The number of benzene rings is 2. The summed E-state index contributed by atoms with van der Waals surface area (Å²) in [4.78, 5) is 44.4. The van der Waals surface area contributed by atoms with E-state index in [0.717, 1.165) is 81.5 Å². The molecule has 1 aromatic heterocycles. The van der Waals surface area contributed by atoms with E-state index in [1.807, 2.05) is 37.3 Å². The number of piperidine rings is 1. The van der Waals surface area contributed by atoms with Crippen LogP contribution in [0.15, 0.2) is 60.8 Å². The van der Waals surface area contributed by atoms with Gasteiger partial charge in [-0.2, -0.15) is 0 Å². The first-order chi connectivity index (χ1) is 22.2. The number of amides is 2. The van der Waals surface area contributed by atoms with Crippen molar-refractivity contribution in [1.82, 2.24) is 20.9 Å². The molecule has 2 aromatic carbocycles. The SMILES string of the molecule is CC(=O)O.COc1cccc(C(=O)NC2C[C@H]3CC[C@@H](C2)N3c2ccc(C(=O)NCc3ccc(N4CCNCC4)cc3)cn2)c1C. The molecule has 3 saturated heterocycles. The van der Waals surface area contributed by atoms with Crippen molar-refractivity contribution in [1.29, 1.82) is 0 Å². The van der Waals surface area contributed by atoms with Crippen LogP contribution in [0.5, 0.6) is 5.75 Å². The number of anilines is 2. The second-order valence-corrected chi connectivity index (χ2v) is 12.1. The quantitative estimate of drug-likeness (QED) is 0.294. The summed E-state index contributed by atoms with van der Waals surface area (Å²) in [6.07, 6.45) is 5.58. The third-order valence-corrected chi connectivity index (χ3v) is 8.96. The van der Waals surface area contributed by atoms with E-state index < -0.39 is 5.97 Å². The van der Waals surface area contributed by atoms with E-state index >= 15 is 0 Å². The van der Waals surface area contributed by atoms with Gasteiger partial charge in [-0.25, -0.2) is 4.98 Å². The van der Waals surface area contributed by atoms with E-state index in [1.54, 1.807) is 13.3 Å². The Balaban J connectivity index is 0.000000985. The Morgan fingerprint density at radius 3 is 2.26 bits per heavy atom. The highest BCUT2D eigenvalue weighted by molar-refractivity contribution is 5.96. The van der Waals surface area contributed by atoms with Crippen LogP contribution in [0.4, 0.5) is 11.5 Å². The highest BCUT2D eigenvalue weighted by Crippen LogP contribution is 2.38. The van der Waals surface area contributed by atoms with Crippen LogP contribution in [0.3, 0.4) is 0 Å². The Morgan fingerprint density at radius 2 is 1.65 bits per heavy atom. The maximum Gasteiger partial charge on any atom is 0.300 e. The van der Waals surface area contributed by atoms with Crippen molar-refractivity contribution in [3.63, 3.8) is 0 Å². The summed E-state index contributed by atoms with van der Waals surface area (Å²) in [6, 6.07) is 18.6. The molecule has 6 rings (SSSR count). The molecular formula is C35H44N6O5. The van der Waals surface area contributed by atoms with Crippen LogP contribution in [0.1, 0.15) is 64.4 Å². The molecule has 3 aromatic rings. The number of nitrogens with zero attached hydrogens (tertiary/aromatic N) is 3. The van der Waals surface area contributed by atoms with Crippen LogP contribution in [0, 0.1) is 6.92 Å². The molecule has 4 N–H and O–H groups in total. The number of carboxylic acids is 1. The lowest BCUT2D eigenvalue weighted by molar-refractivity contribution is -0.134. The maximum atomic E-state index is 13.1. The van der Waals surface area contributed by atoms with Gasteiger partial charge < -0.3 is 35.6 Å². The van der Waals surface area contributed by atoms with Crippen LogP contribution in [0.2, 0.25) is 0 Å². The van der Waals surface area contributed by atoms with Crippen LogP contribution in [-0.4, -0.2) is 79.3 Å². The van der Waals surface area contributed by atoms with Crippen molar-refractivity contribution in [2.24, 2.45) is 0 Å². The molecule has 0 saturated carbocycles. The van der Waals surface area contributed by atoms with Gasteiger partial charge in [-0.15, -0.1) is 0 Å². The Morgan fingerprint density at radius 1 is 0.978 bits per heavy atom. The normalized spacial score (nSPS) is 20.3. The highest BCUT2D eigenvalue weighted by atomic mass is 16.5. The summed E-state index contributed by atoms with van der Waals surface area (Å²) in [5.41, 5.74) is 4.36. The Labute approximate surface area is 270 Å². The Hall–Kier alpha value is -4.64. The molecule has 0 aliphatic carbocycles. The first-order valence-corrected chi connectivity index (χ1v) is 15.9. The van der Waals surface area contributed by atoms with Crippen molar-refractivity contribution in [3.8, 4) is 5.75 Å². The fraction of sp³-hybridized carbons (Fsp3) is 0.429. The van der Waals surface area contributed by atoms with Gasteiger partial charge in [0.25, 0.3) is 17.8 Å². The van der Waals surface area contributed by atoms with Gasteiger partial charge in [-0.3, -0.25) is 14.4 Å². The second-order valence-electron chi connectivity index (χ2n) is 12.1. The smallest absolute Gasteiger partial charge is 0.300 e. The van der Waals surface area contributed by atoms with E-state index in [9.17, 15) is 9.59 Å². The monoisotopic (exact) mass is 628 g/mol. The minimum atomic E-state index is -0.833. The molecule has 2 bridgehead atoms. The van der Waals surface area contributed by atoms with Crippen molar-refractivity contribution in [2.75, 3.05) is 43.1 Å². The number of nitrogens with one attached hydrogen (secondary N) is 3. The van der Waals surface area contributed by atoms with E-state index in [0.29, 0.717) is 29.8 Å². The molecular weight excluding hydrogens is 584 g/mol. The minimum Gasteiger partial charge on any atom is -0.496 e. The Bertz CT molecular complexity index is 1490. The lowest BCUT2D eigenvalue weighted by Crippen LogP contribution is -2.50. The van der Waals surface area contributed by atoms with Crippen LogP contribution in [-0.2, 0) is 11.3 Å². The standard InChI is InChI=1S/C33H40N6O3.C2H4O2/c1-22-29(4-3-5-30(22)42-2)33(41)37-25-18-27-11-12-28(19-25)39(27)31-13-8-24(21-35-31)32(40)36-20-23-6-9-26(10-7-23)38-16-14-34-15-17-38;1-2(3)4/h3-10,13,21,25,27-28,34H,11-12,14-20H2,1-2H3,(H,36,40)(H,37,41);1H3,(H,3,4)/t25?,27-,28+;. The van der Waals surface area contributed by atoms with Crippen molar-refractivity contribution < 1.29 is 24.2 Å². The largest absolute Gasteiger partial charge is 0.496 e. The molecule has 11 nitrogen and oxygen atoms in total. The fourth-order valence-corrected chi connectivity index (χ4v) is 6.72. The number of piperazine rings is 1. The zero-order chi connectivity index (χ0) is 32.6. The van der Waals surface area contributed by atoms with Gasteiger partial charge >= 0.3 is 0 Å². The first kappa shape index (κ1) is 32.7. The van der Waals surface area contributed by atoms with Crippen molar-refractivity contribution >= 4 is 29.3 Å². The van der Waals surface area contributed by atoms with Gasteiger partial charge in [0.05, 0.1) is 12.7 Å². The van der Waals surface area contributed by atoms with Gasteiger partial charge in [0.2, 0.25) is 0 Å². The summed E-state index contributed by atoms with van der Waals surface area (Å²) < 4.78 is 5.39. The lowest BCUT2D eigenvalue weighted by Gasteiger charge is -2.40. The van der Waals surface area contributed by atoms with Gasteiger partial charge in [-0.1, -0.05) is 18.2 Å². The van der Waals surface area contributed by atoms with Gasteiger partial charge in [0.1, 0.15) is 11.6 Å². The summed E-state index contributed by atoms with van der Waals surface area (Å²) in [5.74, 6) is 0.613. The molecule has 46 heavy (non-hydrogen) atoms. The fourth-order valence-electron chi connectivity index (χ4n) is 6.72. The summed E-state index contributed by atoms with van der Waals surface area (Å²) in [5, 5.41) is 17.1. The van der Waals surface area contributed by atoms with Gasteiger partial charge in [0, 0.05) is 80.8 Å². The highest BCUT2D eigenvalue weighted by Gasteiger charge is 2.42. The zero-order valence-corrected chi connectivity index (χ0v) is 26.8. The second kappa shape index (κ2) is 15.1. The van der Waals surface area contributed by atoms with Crippen molar-refractivity contribution in [2.45, 2.75) is 64.2 Å². The molecule has 4 heterocycles. The molecule has 0 radical (unpaired) electrons. The summed E-state index contributed by atoms with van der Waals surface area (Å²) >= 11 is 0. The number of hydrogen-bond donors (Lipinski definition) is 4. The van der Waals surface area contributed by atoms with Crippen LogP contribution in [0.25, 0.3) is 0 Å². The third kappa shape index (κ3) is 7.95. The number of aromatic nitrogens is 1. The topological polar surface area (TPSA) is 136 Å². The molecule has 0 spiro atoms. The summed E-state index contributed by atoms with van der Waals surface area (Å²) in [7, 11) is 1.62. The van der Waals surface area contributed by atoms with Crippen molar-refractivity contribution in [3.05, 3.63) is 83.0 Å². The lowest BCUT2D eigenvalue weighted by atomic mass is 9.96. The van der Waals surface area contributed by atoms with E-state index in [-0.39, 0.29) is 17.9 Å². The molecule has 3 aliphatic heterocycles. The molecule has 3 aliphatic rings. The number of ether oxygens (including phenoxy) is 1. The average Bonchev–Trinajstić information content (AvgIpc) is 3.33. The molecule has 244 valence electrons. The number of hydrogen-bond acceptors (Lipinski definition) is 8. The van der Waals surface area contributed by atoms with Gasteiger partial charge in [0.15, 0.2) is 0 Å². The average molecular weight is 629 g/mol. The Kier molecular flexibility index (Phi) is 10.7. The van der Waals surface area contributed by atoms with E-state index in [2.05, 4.69) is 50.0 Å². The number of carbonyl (C=O) groups is 3. The van der Waals surface area contributed by atoms with Crippen LogP contribution < -0.4 is 30.5 Å². The maximum absolute atomic E-state index is 13.1. The molecule has 11 heteroatoms. The summed E-state index contributed by atoms with van der Waals surface area (Å²) in [6.45, 7) is 7.52. The number of pyridine rings is 1. The van der Waals surface area contributed by atoms with E-state index in [1.165, 1.54) is 5.69 Å². The third-order valence-electron chi connectivity index (χ3n) is 8.96. The number of methoxy groups -OCH3 is 1. The number of carboxylic acid groups (broad SMARTS) is 1. The number of fused-ring (bicyclic) bond motifs is 2. The number of carbonyl (C=O) groups excluding carboxylic acids is 2.